The van der Waals surface area contributed by atoms with E-state index in [4.69, 9.17) is 4.74 Å². The van der Waals surface area contributed by atoms with Gasteiger partial charge in [-0.1, -0.05) is 11.3 Å². The van der Waals surface area contributed by atoms with Crippen molar-refractivity contribution in [3.8, 4) is 11.5 Å². The van der Waals surface area contributed by atoms with Crippen LogP contribution >= 0.6 is 0 Å². The van der Waals surface area contributed by atoms with E-state index in [9.17, 15) is 9.18 Å². The lowest BCUT2D eigenvalue weighted by atomic mass is 9.91. The van der Waals surface area contributed by atoms with Gasteiger partial charge in [0.05, 0.1) is 12.2 Å². The van der Waals surface area contributed by atoms with Crippen molar-refractivity contribution in [2.24, 2.45) is 16.3 Å². The van der Waals surface area contributed by atoms with Gasteiger partial charge in [-0.2, -0.15) is 5.11 Å². The summed E-state index contributed by atoms with van der Waals surface area (Å²) in [7, 11) is 1.89. The van der Waals surface area contributed by atoms with Crippen LogP contribution in [0.2, 0.25) is 0 Å². The number of amides is 1. The maximum absolute atomic E-state index is 13.4. The number of nitrogens with zero attached hydrogens (tertiary/aromatic N) is 4. The lowest BCUT2D eigenvalue weighted by Crippen LogP contribution is -2.43. The molecule has 30 heavy (non-hydrogen) atoms. The Balaban J connectivity index is 1.60. The Morgan fingerprint density at radius 3 is 2.57 bits per heavy atom. The number of rotatable bonds is 4. The highest BCUT2D eigenvalue weighted by molar-refractivity contribution is 5.98. The van der Waals surface area contributed by atoms with Gasteiger partial charge in [-0.15, -0.1) is 0 Å². The topological polar surface area (TPSA) is 57.5 Å². The van der Waals surface area contributed by atoms with E-state index in [-0.39, 0.29) is 29.7 Å². The van der Waals surface area contributed by atoms with Crippen molar-refractivity contribution in [1.29, 1.82) is 0 Å². The molecule has 7 heteroatoms. The predicted molar refractivity (Wildman–Crippen MR) is 111 cm³/mol. The molecule has 0 aromatic heterocycles. The molecule has 0 radical (unpaired) electrons. The average molecular weight is 408 g/mol. The number of benzene rings is 2. The van der Waals surface area contributed by atoms with Crippen LogP contribution < -0.4 is 9.64 Å². The molecule has 2 aromatic carbocycles. The van der Waals surface area contributed by atoms with E-state index in [1.807, 2.05) is 24.1 Å². The van der Waals surface area contributed by atoms with Gasteiger partial charge >= 0.3 is 0 Å². The lowest BCUT2D eigenvalue weighted by molar-refractivity contribution is -0.120. The minimum atomic E-state index is -0.307. The molecule has 156 valence electrons. The van der Waals surface area contributed by atoms with Crippen molar-refractivity contribution in [1.82, 2.24) is 5.01 Å². The fraction of sp³-hybridized carbons (Fsp3) is 0.435. The molecule has 6 nitrogen and oxygen atoms in total. The minimum Gasteiger partial charge on any atom is -0.457 e. The van der Waals surface area contributed by atoms with Crippen LogP contribution in [-0.2, 0) is 11.2 Å². The van der Waals surface area contributed by atoms with Gasteiger partial charge in [-0.3, -0.25) is 9.80 Å². The van der Waals surface area contributed by atoms with Crippen LogP contribution in [-0.4, -0.2) is 30.6 Å². The van der Waals surface area contributed by atoms with E-state index in [1.54, 1.807) is 17.1 Å². The molecule has 1 aliphatic carbocycles. The highest BCUT2D eigenvalue weighted by Gasteiger charge is 2.39. The monoisotopic (exact) mass is 408 g/mol. The molecule has 2 unspecified atom stereocenters. The molecule has 1 amide bonds. The van der Waals surface area contributed by atoms with Gasteiger partial charge in [0.15, 0.2) is 0 Å². The molecule has 2 atom stereocenters. The molecule has 5 rings (SSSR count). The van der Waals surface area contributed by atoms with Gasteiger partial charge in [-0.25, -0.2) is 4.39 Å². The van der Waals surface area contributed by atoms with Crippen molar-refractivity contribution in [3.63, 3.8) is 0 Å². The fourth-order valence-corrected chi connectivity index (χ4v) is 4.32. The van der Waals surface area contributed by atoms with Crippen molar-refractivity contribution < 1.29 is 13.9 Å². The summed E-state index contributed by atoms with van der Waals surface area (Å²) in [4.78, 5) is 15.0. The molecule has 0 bridgehead atoms. The van der Waals surface area contributed by atoms with Gasteiger partial charge in [0.2, 0.25) is 5.91 Å². The Bertz CT molecular complexity index is 1000. The summed E-state index contributed by atoms with van der Waals surface area (Å²) in [5, 5.41) is 10.3. The Kier molecular flexibility index (Phi) is 4.68. The Labute approximate surface area is 175 Å². The molecule has 1 saturated carbocycles. The lowest BCUT2D eigenvalue weighted by Gasteiger charge is -2.37. The van der Waals surface area contributed by atoms with Crippen LogP contribution in [0.25, 0.3) is 0 Å². The van der Waals surface area contributed by atoms with E-state index < -0.39 is 0 Å². The highest BCUT2D eigenvalue weighted by atomic mass is 19.1. The third-order valence-corrected chi connectivity index (χ3v) is 6.12. The first-order valence-electron chi connectivity index (χ1n) is 10.6. The van der Waals surface area contributed by atoms with Crippen molar-refractivity contribution in [3.05, 3.63) is 53.3 Å². The van der Waals surface area contributed by atoms with Gasteiger partial charge in [0.1, 0.15) is 23.4 Å². The van der Waals surface area contributed by atoms with Crippen LogP contribution in [0.15, 0.2) is 46.7 Å². The number of likely N-dealkylation sites (N-methyl/N-ethyl adjacent to an activating group) is 1. The smallest absolute Gasteiger partial charge is 0.230 e. The summed E-state index contributed by atoms with van der Waals surface area (Å²) in [6.45, 7) is 2.78. The van der Waals surface area contributed by atoms with E-state index in [0.29, 0.717) is 12.3 Å². The molecule has 0 spiro atoms. The number of anilines is 1. The second kappa shape index (κ2) is 7.38. The number of halogens is 1. The molecular weight excluding hydrogens is 383 g/mol. The van der Waals surface area contributed by atoms with Gasteiger partial charge in [0.25, 0.3) is 0 Å². The minimum absolute atomic E-state index is 0.136. The Morgan fingerprint density at radius 2 is 1.90 bits per heavy atom. The molecular formula is C23H25FN4O2. The van der Waals surface area contributed by atoms with E-state index in [1.165, 1.54) is 12.1 Å². The zero-order valence-electron chi connectivity index (χ0n) is 17.2. The molecule has 0 saturated heterocycles. The van der Waals surface area contributed by atoms with Gasteiger partial charge in [0, 0.05) is 30.1 Å². The third-order valence-electron chi connectivity index (χ3n) is 6.12. The maximum Gasteiger partial charge on any atom is 0.230 e. The molecule has 1 fully saturated rings. The van der Waals surface area contributed by atoms with Crippen LogP contribution in [0.1, 0.15) is 43.4 Å². The molecule has 3 aliphatic rings. The van der Waals surface area contributed by atoms with Crippen LogP contribution in [0.4, 0.5) is 10.1 Å². The standard InChI is InChI=1S/C23H25FN4O2/c1-14-3-10-19-21(28(14)23(29)15-4-5-15)12-11-18(20-13-27(2)26-25-20)22(19)30-17-8-6-16(24)7-9-17/h6-9,11-12,14-15,20H,3-5,10,13H2,1-2H3. The normalized spacial score (nSPS) is 22.9. The first-order valence-corrected chi connectivity index (χ1v) is 10.6. The highest BCUT2D eigenvalue weighted by Crippen LogP contribution is 2.46. The number of hydrogen-bond acceptors (Lipinski definition) is 5. The summed E-state index contributed by atoms with van der Waals surface area (Å²) in [6.07, 6.45) is 3.64. The predicted octanol–water partition coefficient (Wildman–Crippen LogP) is 5.05. The fourth-order valence-electron chi connectivity index (χ4n) is 4.32. The van der Waals surface area contributed by atoms with E-state index in [0.717, 1.165) is 48.2 Å². The molecule has 2 heterocycles. The first-order chi connectivity index (χ1) is 14.5. The van der Waals surface area contributed by atoms with Gasteiger partial charge < -0.3 is 9.64 Å². The summed E-state index contributed by atoms with van der Waals surface area (Å²) >= 11 is 0. The van der Waals surface area contributed by atoms with Crippen molar-refractivity contribution in [2.45, 2.75) is 44.7 Å². The van der Waals surface area contributed by atoms with Crippen LogP contribution in [0, 0.1) is 11.7 Å². The van der Waals surface area contributed by atoms with E-state index in [2.05, 4.69) is 17.3 Å². The second-order valence-electron chi connectivity index (χ2n) is 8.47. The summed E-state index contributed by atoms with van der Waals surface area (Å²) < 4.78 is 19.7. The average Bonchev–Trinajstić information content (AvgIpc) is 3.50. The largest absolute Gasteiger partial charge is 0.457 e. The molecule has 2 aromatic rings. The Morgan fingerprint density at radius 1 is 1.13 bits per heavy atom. The summed E-state index contributed by atoms with van der Waals surface area (Å²) in [6, 6.07) is 10.1. The molecule has 2 aliphatic heterocycles. The van der Waals surface area contributed by atoms with Crippen LogP contribution in [0.3, 0.4) is 0 Å². The second-order valence-corrected chi connectivity index (χ2v) is 8.47. The number of fused-ring (bicyclic) bond motifs is 1. The SMILES string of the molecule is CC1CCc2c(ccc(C3CN(C)N=N3)c2Oc2ccc(F)cc2)N1C(=O)C1CC1. The van der Waals surface area contributed by atoms with Crippen molar-refractivity contribution >= 4 is 11.6 Å². The summed E-state index contributed by atoms with van der Waals surface area (Å²) in [5.41, 5.74) is 2.89. The zero-order chi connectivity index (χ0) is 20.8. The Hall–Kier alpha value is -2.96. The van der Waals surface area contributed by atoms with Crippen LogP contribution in [0.5, 0.6) is 11.5 Å². The maximum atomic E-state index is 13.4. The number of hydrogen-bond donors (Lipinski definition) is 0. The zero-order valence-corrected chi connectivity index (χ0v) is 17.2. The van der Waals surface area contributed by atoms with Crippen molar-refractivity contribution in [2.75, 3.05) is 18.5 Å². The number of carbonyl (C=O) groups is 1. The van der Waals surface area contributed by atoms with E-state index >= 15 is 0 Å². The summed E-state index contributed by atoms with van der Waals surface area (Å²) in [5.74, 6) is 1.34. The quantitative estimate of drug-likeness (QED) is 0.711. The molecule has 0 N–H and O–H groups in total. The number of ether oxygens (including phenoxy) is 1. The number of carbonyl (C=O) groups excluding carboxylic acids is 1. The third kappa shape index (κ3) is 3.42. The van der Waals surface area contributed by atoms with Gasteiger partial charge in [-0.05, 0) is 62.9 Å². The first kappa shape index (κ1) is 19.0.